The van der Waals surface area contributed by atoms with Crippen LogP contribution in [-0.4, -0.2) is 56.0 Å². The summed E-state index contributed by atoms with van der Waals surface area (Å²) in [5.74, 6) is -0.482. The standard InChI is InChI=1S/C17H26FN3O/c1-20(2)16(14-8-3-4-9-15(14)18)17(22)19-10-7-13-21-11-5-6-12-21/h3-4,8-9,16H,5-7,10-13H2,1-2H3,(H,19,22)/t16-/m0/s1. The summed E-state index contributed by atoms with van der Waals surface area (Å²) in [6.45, 7) is 3.99. The van der Waals surface area contributed by atoms with Gasteiger partial charge in [-0.2, -0.15) is 0 Å². The van der Waals surface area contributed by atoms with Crippen molar-refractivity contribution in [3.8, 4) is 0 Å². The number of hydrogen-bond donors (Lipinski definition) is 1. The normalized spacial score (nSPS) is 16.9. The summed E-state index contributed by atoms with van der Waals surface area (Å²) >= 11 is 0. The number of likely N-dealkylation sites (N-methyl/N-ethyl adjacent to an activating group) is 1. The number of halogens is 1. The molecule has 2 rings (SSSR count). The average molecular weight is 307 g/mol. The number of carbonyl (C=O) groups excluding carboxylic acids is 1. The first-order chi connectivity index (χ1) is 10.6. The zero-order valence-corrected chi connectivity index (χ0v) is 13.5. The van der Waals surface area contributed by atoms with Gasteiger partial charge in [-0.25, -0.2) is 4.39 Å². The summed E-state index contributed by atoms with van der Waals surface area (Å²) in [6.07, 6.45) is 3.49. The molecule has 0 unspecified atom stereocenters. The maximum Gasteiger partial charge on any atom is 0.242 e. The maximum absolute atomic E-state index is 13.9. The van der Waals surface area contributed by atoms with Crippen LogP contribution in [0.25, 0.3) is 0 Å². The molecule has 1 N–H and O–H groups in total. The zero-order chi connectivity index (χ0) is 15.9. The fourth-order valence-electron chi connectivity index (χ4n) is 2.97. The highest BCUT2D eigenvalue weighted by molar-refractivity contribution is 5.83. The molecule has 1 saturated heterocycles. The molecule has 122 valence electrons. The zero-order valence-electron chi connectivity index (χ0n) is 13.5. The molecule has 0 aromatic heterocycles. The molecule has 0 spiro atoms. The molecule has 0 aliphatic carbocycles. The number of nitrogens with one attached hydrogen (secondary N) is 1. The van der Waals surface area contributed by atoms with E-state index < -0.39 is 6.04 Å². The van der Waals surface area contributed by atoms with E-state index in [-0.39, 0.29) is 11.7 Å². The molecule has 22 heavy (non-hydrogen) atoms. The Morgan fingerprint density at radius 2 is 2.00 bits per heavy atom. The third-order valence-electron chi connectivity index (χ3n) is 4.11. The highest BCUT2D eigenvalue weighted by Crippen LogP contribution is 2.21. The summed E-state index contributed by atoms with van der Waals surface area (Å²) < 4.78 is 13.9. The Balaban J connectivity index is 1.86. The fourth-order valence-corrected chi connectivity index (χ4v) is 2.97. The van der Waals surface area contributed by atoms with E-state index in [0.717, 1.165) is 13.0 Å². The van der Waals surface area contributed by atoms with E-state index in [1.54, 1.807) is 37.2 Å². The largest absolute Gasteiger partial charge is 0.354 e. The lowest BCUT2D eigenvalue weighted by atomic mass is 10.0. The van der Waals surface area contributed by atoms with Crippen molar-refractivity contribution >= 4 is 5.91 Å². The van der Waals surface area contributed by atoms with E-state index in [9.17, 15) is 9.18 Å². The molecule has 1 amide bonds. The Morgan fingerprint density at radius 3 is 2.64 bits per heavy atom. The molecule has 1 aliphatic heterocycles. The van der Waals surface area contributed by atoms with Crippen molar-refractivity contribution in [2.45, 2.75) is 25.3 Å². The Kier molecular flexibility index (Phi) is 6.34. The molecule has 4 nitrogen and oxygen atoms in total. The van der Waals surface area contributed by atoms with Gasteiger partial charge in [-0.1, -0.05) is 18.2 Å². The second-order valence-electron chi connectivity index (χ2n) is 6.08. The van der Waals surface area contributed by atoms with Crippen molar-refractivity contribution in [3.05, 3.63) is 35.6 Å². The minimum Gasteiger partial charge on any atom is -0.354 e. The molecular formula is C17H26FN3O. The smallest absolute Gasteiger partial charge is 0.242 e. The maximum atomic E-state index is 13.9. The average Bonchev–Trinajstić information content (AvgIpc) is 2.99. The lowest BCUT2D eigenvalue weighted by Gasteiger charge is -2.24. The molecule has 1 atom stereocenters. The van der Waals surface area contributed by atoms with Crippen molar-refractivity contribution in [1.29, 1.82) is 0 Å². The highest BCUT2D eigenvalue weighted by atomic mass is 19.1. The third-order valence-corrected chi connectivity index (χ3v) is 4.11. The highest BCUT2D eigenvalue weighted by Gasteiger charge is 2.25. The first kappa shape index (κ1) is 16.9. The molecule has 5 heteroatoms. The Bertz CT molecular complexity index is 487. The van der Waals surface area contributed by atoms with Crippen LogP contribution in [0.5, 0.6) is 0 Å². The lowest BCUT2D eigenvalue weighted by molar-refractivity contribution is -0.125. The minimum atomic E-state index is -0.590. The second-order valence-corrected chi connectivity index (χ2v) is 6.08. The van der Waals surface area contributed by atoms with Gasteiger partial charge in [0.2, 0.25) is 5.91 Å². The van der Waals surface area contributed by atoms with E-state index in [4.69, 9.17) is 0 Å². The Labute approximate surface area is 132 Å². The molecule has 0 saturated carbocycles. The van der Waals surface area contributed by atoms with Crippen molar-refractivity contribution < 1.29 is 9.18 Å². The van der Waals surface area contributed by atoms with Crippen LogP contribution in [0.2, 0.25) is 0 Å². The predicted molar refractivity (Wildman–Crippen MR) is 86.1 cm³/mol. The van der Waals surface area contributed by atoms with Crippen molar-refractivity contribution in [2.24, 2.45) is 0 Å². The van der Waals surface area contributed by atoms with E-state index >= 15 is 0 Å². The van der Waals surface area contributed by atoms with Gasteiger partial charge in [0.15, 0.2) is 0 Å². The molecule has 0 radical (unpaired) electrons. The number of amides is 1. The van der Waals surface area contributed by atoms with Gasteiger partial charge in [0.05, 0.1) is 0 Å². The molecule has 1 aliphatic rings. The molecular weight excluding hydrogens is 281 g/mol. The van der Waals surface area contributed by atoms with Gasteiger partial charge in [-0.15, -0.1) is 0 Å². The predicted octanol–water partition coefficient (Wildman–Crippen LogP) is 2.03. The van der Waals surface area contributed by atoms with Gasteiger partial charge >= 0.3 is 0 Å². The number of benzene rings is 1. The summed E-state index contributed by atoms with van der Waals surface area (Å²) in [5, 5.41) is 2.94. The van der Waals surface area contributed by atoms with Gasteiger partial charge in [0.25, 0.3) is 0 Å². The van der Waals surface area contributed by atoms with Crippen LogP contribution in [0, 0.1) is 5.82 Å². The van der Waals surface area contributed by atoms with Gasteiger partial charge in [-0.05, 0) is 59.1 Å². The van der Waals surface area contributed by atoms with Gasteiger partial charge < -0.3 is 10.2 Å². The van der Waals surface area contributed by atoms with E-state index in [0.29, 0.717) is 12.1 Å². The molecule has 1 heterocycles. The third kappa shape index (κ3) is 4.52. The first-order valence-corrected chi connectivity index (χ1v) is 8.00. The van der Waals surface area contributed by atoms with E-state index in [1.165, 1.54) is 32.0 Å². The molecule has 1 aromatic carbocycles. The second kappa shape index (κ2) is 8.25. The summed E-state index contributed by atoms with van der Waals surface area (Å²) in [7, 11) is 3.59. The number of nitrogens with zero attached hydrogens (tertiary/aromatic N) is 2. The summed E-state index contributed by atoms with van der Waals surface area (Å²) in [4.78, 5) is 16.6. The summed E-state index contributed by atoms with van der Waals surface area (Å²) in [6, 6.07) is 5.87. The summed E-state index contributed by atoms with van der Waals surface area (Å²) in [5.41, 5.74) is 0.421. The number of rotatable bonds is 7. The SMILES string of the molecule is CN(C)[C@H](C(=O)NCCCN1CCCC1)c1ccccc1F. The monoisotopic (exact) mass is 307 g/mol. The number of likely N-dealkylation sites (tertiary alicyclic amines) is 1. The van der Waals surface area contributed by atoms with Gasteiger partial charge in [-0.3, -0.25) is 9.69 Å². The van der Waals surface area contributed by atoms with Crippen molar-refractivity contribution in [3.63, 3.8) is 0 Å². The molecule has 1 fully saturated rings. The van der Waals surface area contributed by atoms with E-state index in [2.05, 4.69) is 10.2 Å². The molecule has 0 bridgehead atoms. The van der Waals surface area contributed by atoms with E-state index in [1.807, 2.05) is 0 Å². The number of hydrogen-bond acceptors (Lipinski definition) is 3. The van der Waals surface area contributed by atoms with Crippen LogP contribution in [0.15, 0.2) is 24.3 Å². The van der Waals surface area contributed by atoms with Gasteiger partial charge in [0, 0.05) is 12.1 Å². The van der Waals surface area contributed by atoms with Crippen molar-refractivity contribution in [2.75, 3.05) is 40.3 Å². The number of carbonyl (C=O) groups is 1. The topological polar surface area (TPSA) is 35.6 Å². The van der Waals surface area contributed by atoms with Crippen LogP contribution in [0.4, 0.5) is 4.39 Å². The Morgan fingerprint density at radius 1 is 1.32 bits per heavy atom. The van der Waals surface area contributed by atoms with Gasteiger partial charge in [0.1, 0.15) is 11.9 Å². The lowest BCUT2D eigenvalue weighted by Crippen LogP contribution is -2.38. The Hall–Kier alpha value is -1.46. The van der Waals surface area contributed by atoms with Crippen LogP contribution in [-0.2, 0) is 4.79 Å². The molecule has 1 aromatic rings. The quantitative estimate of drug-likeness (QED) is 0.783. The minimum absolute atomic E-state index is 0.142. The van der Waals surface area contributed by atoms with Crippen molar-refractivity contribution in [1.82, 2.24) is 15.1 Å². The fraction of sp³-hybridized carbons (Fsp3) is 0.588. The van der Waals surface area contributed by atoms with Crippen LogP contribution in [0.3, 0.4) is 0 Å². The van der Waals surface area contributed by atoms with Crippen LogP contribution in [0.1, 0.15) is 30.9 Å². The van der Waals surface area contributed by atoms with Crippen LogP contribution < -0.4 is 5.32 Å². The van der Waals surface area contributed by atoms with Crippen LogP contribution >= 0.6 is 0 Å². The first-order valence-electron chi connectivity index (χ1n) is 8.00.